The zero-order valence-corrected chi connectivity index (χ0v) is 48.1. The second-order valence-corrected chi connectivity index (χ2v) is 25.3. The molecule has 2 heteroatoms. The Morgan fingerprint density at radius 1 is 0.268 bits per heavy atom. The second-order valence-electron chi connectivity index (χ2n) is 25.3. The summed E-state index contributed by atoms with van der Waals surface area (Å²) in [5.41, 5.74) is 26.2. The topological polar surface area (TPSA) is 6.48 Å². The molecule has 0 saturated heterocycles. The van der Waals surface area contributed by atoms with Gasteiger partial charge in [0, 0.05) is 45.0 Å². The van der Waals surface area contributed by atoms with Crippen LogP contribution in [0.15, 0.2) is 231 Å². The van der Waals surface area contributed by atoms with E-state index in [-0.39, 0.29) is 10.8 Å². The highest BCUT2D eigenvalue weighted by atomic mass is 15.1. The van der Waals surface area contributed by atoms with Gasteiger partial charge in [-0.3, -0.25) is 0 Å². The van der Waals surface area contributed by atoms with Gasteiger partial charge in [0.2, 0.25) is 0 Å². The minimum absolute atomic E-state index is 0.0461. The van der Waals surface area contributed by atoms with Gasteiger partial charge in [0.05, 0.1) is 0 Å². The summed E-state index contributed by atoms with van der Waals surface area (Å²) in [6.07, 6.45) is 12.7. The first-order valence-electron chi connectivity index (χ1n) is 30.6. The van der Waals surface area contributed by atoms with Crippen molar-refractivity contribution < 1.29 is 0 Å². The lowest BCUT2D eigenvalue weighted by Gasteiger charge is -2.32. The molecule has 0 unspecified atom stereocenters. The average Bonchev–Trinajstić information content (AvgIpc) is 4.05. The van der Waals surface area contributed by atoms with E-state index in [4.69, 9.17) is 0 Å². The third-order valence-electron chi connectivity index (χ3n) is 19.8. The number of hydrogen-bond acceptors (Lipinski definition) is 2. The Labute approximate surface area is 485 Å². The smallest absolute Gasteiger partial charge is 0.0468 e. The number of benzene rings is 11. The molecule has 0 atom stereocenters. The third kappa shape index (κ3) is 8.43. The van der Waals surface area contributed by atoms with Crippen molar-refractivity contribution in [3.63, 3.8) is 0 Å². The molecule has 0 heterocycles. The van der Waals surface area contributed by atoms with Crippen molar-refractivity contribution in [3.8, 4) is 44.5 Å². The van der Waals surface area contributed by atoms with Gasteiger partial charge in [0.15, 0.2) is 0 Å². The SMILES string of the molecule is CC1(C)c2ccccc2-c2ccc(-c3ccc(N(c4ccccc4)c4ccc5c(C6CCCCC6)c6cc(N(c7ccccc7)c7ccc(-c8ccc9c(c8)C(C)(C)c8ccccc8-9)cc7)ccc6c(C6CCCCC6)c5c4)cc3)cc21. The van der Waals surface area contributed by atoms with Crippen LogP contribution < -0.4 is 9.80 Å². The Kier molecular flexibility index (Phi) is 12.4. The van der Waals surface area contributed by atoms with Crippen molar-refractivity contribution in [2.24, 2.45) is 0 Å². The molecule has 0 aliphatic heterocycles. The number of nitrogens with zero attached hydrogens (tertiary/aromatic N) is 2. The first-order chi connectivity index (χ1) is 40.2. The summed E-state index contributed by atoms with van der Waals surface area (Å²) in [6, 6.07) is 88.1. The van der Waals surface area contributed by atoms with Gasteiger partial charge in [-0.15, -0.1) is 0 Å². The van der Waals surface area contributed by atoms with Crippen LogP contribution in [-0.4, -0.2) is 0 Å². The fraction of sp³-hybridized carbons (Fsp3) is 0.225. The van der Waals surface area contributed by atoms with Gasteiger partial charge in [0.25, 0.3) is 0 Å². The Morgan fingerprint density at radius 2 is 0.598 bits per heavy atom. The van der Waals surface area contributed by atoms with Crippen LogP contribution in [0.4, 0.5) is 34.1 Å². The number of anilines is 6. The van der Waals surface area contributed by atoms with Crippen molar-refractivity contribution in [1.82, 2.24) is 0 Å². The molecule has 15 rings (SSSR count). The molecule has 0 aromatic heterocycles. The fourth-order valence-electron chi connectivity index (χ4n) is 15.6. The minimum atomic E-state index is -0.0461. The van der Waals surface area contributed by atoms with E-state index < -0.39 is 0 Å². The highest BCUT2D eigenvalue weighted by molar-refractivity contribution is 6.09. The van der Waals surface area contributed by atoms with Gasteiger partial charge in [-0.25, -0.2) is 0 Å². The summed E-state index contributed by atoms with van der Waals surface area (Å²) < 4.78 is 0. The van der Waals surface area contributed by atoms with E-state index in [1.807, 2.05) is 0 Å². The van der Waals surface area contributed by atoms with Crippen molar-refractivity contribution in [1.29, 1.82) is 0 Å². The van der Waals surface area contributed by atoms with Crippen LogP contribution in [0.3, 0.4) is 0 Å². The molecule has 0 bridgehead atoms. The predicted molar refractivity (Wildman–Crippen MR) is 348 cm³/mol. The number of hydrogen-bond donors (Lipinski definition) is 0. The molecular weight excluding hydrogens is 989 g/mol. The molecule has 0 amide bonds. The van der Waals surface area contributed by atoms with E-state index in [1.165, 1.54) is 175 Å². The van der Waals surface area contributed by atoms with E-state index in [9.17, 15) is 0 Å². The summed E-state index contributed by atoms with van der Waals surface area (Å²) in [4.78, 5) is 4.99. The quantitative estimate of drug-likeness (QED) is 0.126. The molecule has 4 aliphatic carbocycles. The molecule has 0 radical (unpaired) electrons. The van der Waals surface area contributed by atoms with Crippen LogP contribution in [0.1, 0.15) is 137 Å². The normalized spacial score (nSPS) is 16.1. The van der Waals surface area contributed by atoms with Crippen molar-refractivity contribution >= 4 is 55.7 Å². The zero-order chi connectivity index (χ0) is 55.1. The van der Waals surface area contributed by atoms with Crippen LogP contribution >= 0.6 is 0 Å². The van der Waals surface area contributed by atoms with Gasteiger partial charge < -0.3 is 9.80 Å². The molecule has 2 nitrogen and oxygen atoms in total. The average molecular weight is 1060 g/mol. The first-order valence-corrected chi connectivity index (χ1v) is 30.6. The lowest BCUT2D eigenvalue weighted by atomic mass is 9.74. The van der Waals surface area contributed by atoms with Crippen LogP contribution in [0.5, 0.6) is 0 Å². The monoisotopic (exact) mass is 1060 g/mol. The molecule has 2 saturated carbocycles. The molecule has 2 fully saturated rings. The Morgan fingerprint density at radius 3 is 1.00 bits per heavy atom. The third-order valence-corrected chi connectivity index (χ3v) is 19.8. The molecule has 11 aromatic rings. The van der Waals surface area contributed by atoms with Crippen LogP contribution in [-0.2, 0) is 10.8 Å². The number of rotatable bonds is 10. The predicted octanol–water partition coefficient (Wildman–Crippen LogP) is 23.0. The second kappa shape index (κ2) is 20.2. The fourth-order valence-corrected chi connectivity index (χ4v) is 15.6. The maximum atomic E-state index is 2.60. The first kappa shape index (κ1) is 50.5. The lowest BCUT2D eigenvalue weighted by molar-refractivity contribution is 0.445. The molecule has 0 N–H and O–H groups in total. The largest absolute Gasteiger partial charge is 0.310 e. The Hall–Kier alpha value is -8.46. The van der Waals surface area contributed by atoms with Gasteiger partial charge in [-0.2, -0.15) is 0 Å². The van der Waals surface area contributed by atoms with Crippen LogP contribution in [0, 0.1) is 0 Å². The summed E-state index contributed by atoms with van der Waals surface area (Å²) in [7, 11) is 0. The molecule has 11 aromatic carbocycles. The van der Waals surface area contributed by atoms with E-state index in [2.05, 4.69) is 268 Å². The van der Waals surface area contributed by atoms with Crippen molar-refractivity contribution in [2.45, 2.75) is 115 Å². The van der Waals surface area contributed by atoms with Gasteiger partial charge in [0.1, 0.15) is 0 Å². The highest BCUT2D eigenvalue weighted by Gasteiger charge is 2.37. The van der Waals surface area contributed by atoms with Crippen LogP contribution in [0.2, 0.25) is 0 Å². The molecule has 402 valence electrons. The molecular formula is C80H72N2. The Balaban J connectivity index is 0.851. The lowest BCUT2D eigenvalue weighted by Crippen LogP contribution is -2.14. The van der Waals surface area contributed by atoms with E-state index in [0.29, 0.717) is 11.8 Å². The minimum Gasteiger partial charge on any atom is -0.310 e. The van der Waals surface area contributed by atoms with E-state index >= 15 is 0 Å². The molecule has 0 spiro atoms. The summed E-state index contributed by atoms with van der Waals surface area (Å²) in [6.45, 7) is 9.50. The van der Waals surface area contributed by atoms with Crippen molar-refractivity contribution in [3.05, 3.63) is 264 Å². The molecule has 4 aliphatic rings. The zero-order valence-electron chi connectivity index (χ0n) is 48.1. The maximum Gasteiger partial charge on any atom is 0.0468 e. The summed E-state index contributed by atoms with van der Waals surface area (Å²) in [5.74, 6) is 0.984. The van der Waals surface area contributed by atoms with E-state index in [1.54, 1.807) is 11.1 Å². The number of fused-ring (bicyclic) bond motifs is 8. The number of para-hydroxylation sites is 2. The van der Waals surface area contributed by atoms with Crippen LogP contribution in [0.25, 0.3) is 66.1 Å². The molecule has 82 heavy (non-hydrogen) atoms. The highest BCUT2D eigenvalue weighted by Crippen LogP contribution is 2.54. The maximum absolute atomic E-state index is 2.60. The van der Waals surface area contributed by atoms with Crippen molar-refractivity contribution in [2.75, 3.05) is 9.80 Å². The van der Waals surface area contributed by atoms with E-state index in [0.717, 1.165) is 11.4 Å². The summed E-state index contributed by atoms with van der Waals surface area (Å²) in [5, 5.41) is 5.78. The standard InChI is InChI=1S/C80H72N2/c1-79(2)73-31-19-17-29-65(73)67-45-37-57(49-75(67)79)53-33-39-61(40-34-53)81(59-25-13-7-14-26-59)63-43-47-69-71(51-63)77(55-21-9-5-10-22-55)70-48-44-64(52-72(70)78(69)56-23-11-6-12-24-56)82(60-27-15-8-16-28-60)62-41-35-54(36-42-62)58-38-46-68-66-30-18-20-32-74(66)80(3,4)76(68)50-58/h7-8,13-20,25-52,55-56H,5-6,9-12,21-24H2,1-4H3. The van der Waals surface area contributed by atoms with Gasteiger partial charge in [-0.1, -0.05) is 212 Å². The summed E-state index contributed by atoms with van der Waals surface area (Å²) >= 11 is 0. The Bertz CT molecular complexity index is 3940. The van der Waals surface area contributed by atoms with Gasteiger partial charge >= 0.3 is 0 Å². The van der Waals surface area contributed by atoms with Gasteiger partial charge in [-0.05, 0) is 222 Å².